The van der Waals surface area contributed by atoms with Crippen LogP contribution in [0, 0.1) is 18.7 Å². The van der Waals surface area contributed by atoms with E-state index in [4.69, 9.17) is 5.73 Å². The van der Waals surface area contributed by atoms with Crippen molar-refractivity contribution in [2.45, 2.75) is 25.9 Å². The Morgan fingerprint density at radius 1 is 1.36 bits per heavy atom. The molecule has 0 amide bonds. The van der Waals surface area contributed by atoms with E-state index in [2.05, 4.69) is 4.98 Å². The zero-order valence-electron chi connectivity index (χ0n) is 13.7. The number of anilines is 1. The van der Waals surface area contributed by atoms with Crippen LogP contribution in [0.25, 0.3) is 16.8 Å². The van der Waals surface area contributed by atoms with Gasteiger partial charge in [0, 0.05) is 18.5 Å². The lowest BCUT2D eigenvalue weighted by molar-refractivity contribution is 0.0967. The molecule has 0 aliphatic heterocycles. The van der Waals surface area contributed by atoms with Crippen molar-refractivity contribution in [1.29, 1.82) is 0 Å². The minimum Gasteiger partial charge on any atom is -0.382 e. The first kappa shape index (κ1) is 15.7. The van der Waals surface area contributed by atoms with E-state index in [-0.39, 0.29) is 35.5 Å². The van der Waals surface area contributed by atoms with Gasteiger partial charge in [-0.05, 0) is 48.2 Å². The van der Waals surface area contributed by atoms with Crippen LogP contribution >= 0.6 is 0 Å². The Morgan fingerprint density at radius 2 is 2.12 bits per heavy atom. The van der Waals surface area contributed by atoms with Crippen molar-refractivity contribution in [3.63, 3.8) is 0 Å². The van der Waals surface area contributed by atoms with Crippen molar-refractivity contribution in [3.8, 4) is 11.1 Å². The highest BCUT2D eigenvalue weighted by Crippen LogP contribution is 2.38. The maximum absolute atomic E-state index is 13.8. The van der Waals surface area contributed by atoms with Gasteiger partial charge in [0.25, 0.3) is 0 Å². The van der Waals surface area contributed by atoms with Gasteiger partial charge in [0.1, 0.15) is 23.3 Å². The van der Waals surface area contributed by atoms with Gasteiger partial charge in [-0.1, -0.05) is 12.1 Å². The first-order valence-electron chi connectivity index (χ1n) is 8.16. The fourth-order valence-electron chi connectivity index (χ4n) is 3.18. The highest BCUT2D eigenvalue weighted by molar-refractivity contribution is 6.00. The molecule has 6 heteroatoms. The topological polar surface area (TPSA) is 60.4 Å². The van der Waals surface area contributed by atoms with Gasteiger partial charge < -0.3 is 5.73 Å². The Balaban J connectivity index is 1.80. The monoisotopic (exact) mass is 341 g/mol. The molecule has 1 aromatic carbocycles. The molecule has 1 aliphatic carbocycles. The molecule has 2 heterocycles. The standard InChI is InChI=1S/C19H17F2N3O/c1-10-13(3-2-4-14(10)20)11-5-6-17-23-19(22)18(24(17)9-11)16(25)8-12-7-15(12)21/h2-6,9,12,15H,7-8,22H2,1H3/t12-,15-/m0/s1. The highest BCUT2D eigenvalue weighted by Gasteiger charge is 2.39. The number of nitrogen functional groups attached to an aromatic ring is 1. The molecule has 1 saturated carbocycles. The molecule has 128 valence electrons. The number of fused-ring (bicyclic) bond motifs is 1. The molecule has 4 rings (SSSR count). The Kier molecular flexibility index (Phi) is 3.56. The molecule has 1 fully saturated rings. The van der Waals surface area contributed by atoms with E-state index < -0.39 is 6.17 Å². The number of carbonyl (C=O) groups is 1. The molecular weight excluding hydrogens is 324 g/mol. The molecule has 2 aromatic heterocycles. The number of nitrogens with two attached hydrogens (primary N) is 1. The van der Waals surface area contributed by atoms with Crippen molar-refractivity contribution in [3.05, 3.63) is 53.6 Å². The third kappa shape index (κ3) is 2.67. The van der Waals surface area contributed by atoms with Crippen molar-refractivity contribution in [1.82, 2.24) is 9.38 Å². The number of benzene rings is 1. The Labute approximate surface area is 143 Å². The number of pyridine rings is 1. The summed E-state index contributed by atoms with van der Waals surface area (Å²) < 4.78 is 28.6. The van der Waals surface area contributed by atoms with E-state index in [1.54, 1.807) is 29.7 Å². The number of nitrogens with zero attached hydrogens (tertiary/aromatic N) is 2. The van der Waals surface area contributed by atoms with Crippen molar-refractivity contribution in [2.24, 2.45) is 5.92 Å². The number of hydrogen-bond acceptors (Lipinski definition) is 3. The van der Waals surface area contributed by atoms with E-state index in [9.17, 15) is 13.6 Å². The van der Waals surface area contributed by atoms with E-state index >= 15 is 0 Å². The van der Waals surface area contributed by atoms with Crippen LogP contribution in [0.4, 0.5) is 14.6 Å². The van der Waals surface area contributed by atoms with Crippen LogP contribution in [-0.2, 0) is 0 Å². The largest absolute Gasteiger partial charge is 0.382 e. The molecular formula is C19H17F2N3O. The SMILES string of the molecule is Cc1c(F)cccc1-c1ccc2nc(N)c(C(=O)C[C@@H]3C[C@@H]3F)n2c1. The average molecular weight is 341 g/mol. The fourth-order valence-corrected chi connectivity index (χ4v) is 3.18. The summed E-state index contributed by atoms with van der Waals surface area (Å²) in [6.45, 7) is 1.71. The third-order valence-corrected chi connectivity index (χ3v) is 4.77. The first-order valence-corrected chi connectivity index (χ1v) is 8.16. The van der Waals surface area contributed by atoms with Crippen LogP contribution < -0.4 is 5.73 Å². The number of hydrogen-bond donors (Lipinski definition) is 1. The molecule has 0 unspecified atom stereocenters. The Bertz CT molecular complexity index is 996. The van der Waals surface area contributed by atoms with Gasteiger partial charge in [-0.2, -0.15) is 0 Å². The Hall–Kier alpha value is -2.76. The maximum Gasteiger partial charge on any atom is 0.183 e. The number of rotatable bonds is 4. The quantitative estimate of drug-likeness (QED) is 0.731. The maximum atomic E-state index is 13.8. The molecule has 4 nitrogen and oxygen atoms in total. The molecule has 1 aliphatic rings. The van der Waals surface area contributed by atoms with Crippen LogP contribution in [0.15, 0.2) is 36.5 Å². The molecule has 0 bridgehead atoms. The van der Waals surface area contributed by atoms with Crippen LogP contribution in [0.2, 0.25) is 0 Å². The minimum atomic E-state index is -0.894. The van der Waals surface area contributed by atoms with E-state index in [1.165, 1.54) is 6.07 Å². The Morgan fingerprint density at radius 3 is 2.84 bits per heavy atom. The summed E-state index contributed by atoms with van der Waals surface area (Å²) in [4.78, 5) is 16.7. The zero-order valence-corrected chi connectivity index (χ0v) is 13.7. The zero-order chi connectivity index (χ0) is 17.7. The van der Waals surface area contributed by atoms with Crippen LogP contribution in [0.1, 0.15) is 28.9 Å². The van der Waals surface area contributed by atoms with Gasteiger partial charge in [-0.3, -0.25) is 9.20 Å². The summed E-state index contributed by atoms with van der Waals surface area (Å²) >= 11 is 0. The number of carbonyl (C=O) groups excluding carboxylic acids is 1. The van der Waals surface area contributed by atoms with Crippen LogP contribution in [0.5, 0.6) is 0 Å². The lowest BCUT2D eigenvalue weighted by Crippen LogP contribution is -2.08. The van der Waals surface area contributed by atoms with Gasteiger partial charge >= 0.3 is 0 Å². The van der Waals surface area contributed by atoms with Gasteiger partial charge in [0.05, 0.1) is 0 Å². The second-order valence-electron chi connectivity index (χ2n) is 6.54. The van der Waals surface area contributed by atoms with Gasteiger partial charge in [0.2, 0.25) is 0 Å². The average Bonchev–Trinajstić information content (AvgIpc) is 3.15. The predicted molar refractivity (Wildman–Crippen MR) is 91.7 cm³/mol. The van der Waals surface area contributed by atoms with Crippen LogP contribution in [0.3, 0.4) is 0 Å². The summed E-state index contributed by atoms with van der Waals surface area (Å²) in [5.74, 6) is -0.592. The van der Waals surface area contributed by atoms with E-state index in [0.29, 0.717) is 17.6 Å². The molecule has 0 spiro atoms. The van der Waals surface area contributed by atoms with Crippen LogP contribution in [-0.4, -0.2) is 21.3 Å². The van der Waals surface area contributed by atoms with Gasteiger partial charge in [-0.25, -0.2) is 13.8 Å². The number of ketones is 1. The number of imidazole rings is 1. The normalized spacial score (nSPS) is 19.3. The second-order valence-corrected chi connectivity index (χ2v) is 6.54. The number of Topliss-reactive ketones (excluding diaryl/α,β-unsaturated/α-hetero) is 1. The van der Waals surface area contributed by atoms with E-state index in [1.807, 2.05) is 12.1 Å². The van der Waals surface area contributed by atoms with Crippen molar-refractivity contribution < 1.29 is 13.6 Å². The summed E-state index contributed by atoms with van der Waals surface area (Å²) in [6.07, 6.45) is 1.39. The molecule has 25 heavy (non-hydrogen) atoms. The minimum absolute atomic E-state index is 0.127. The lowest BCUT2D eigenvalue weighted by atomic mass is 10.0. The van der Waals surface area contributed by atoms with Gasteiger partial charge in [-0.15, -0.1) is 0 Å². The number of aromatic nitrogens is 2. The van der Waals surface area contributed by atoms with Crippen molar-refractivity contribution >= 4 is 17.2 Å². The molecule has 3 aromatic rings. The molecule has 0 saturated heterocycles. The fraction of sp³-hybridized carbons (Fsp3) is 0.263. The molecule has 2 N–H and O–H groups in total. The van der Waals surface area contributed by atoms with Gasteiger partial charge in [0.15, 0.2) is 11.6 Å². The number of halogens is 2. The lowest BCUT2D eigenvalue weighted by Gasteiger charge is -2.08. The highest BCUT2D eigenvalue weighted by atomic mass is 19.1. The first-order chi connectivity index (χ1) is 12.0. The summed E-state index contributed by atoms with van der Waals surface area (Å²) in [5, 5.41) is 0. The molecule has 2 atom stereocenters. The third-order valence-electron chi connectivity index (χ3n) is 4.77. The number of alkyl halides is 1. The second kappa shape index (κ2) is 5.65. The summed E-state index contributed by atoms with van der Waals surface area (Å²) in [5.41, 5.74) is 8.74. The predicted octanol–water partition coefficient (Wildman–Crippen LogP) is 3.96. The van der Waals surface area contributed by atoms with Crippen molar-refractivity contribution in [2.75, 3.05) is 5.73 Å². The smallest absolute Gasteiger partial charge is 0.183 e. The van der Waals surface area contributed by atoms with E-state index in [0.717, 1.165) is 11.1 Å². The summed E-state index contributed by atoms with van der Waals surface area (Å²) in [7, 11) is 0. The summed E-state index contributed by atoms with van der Waals surface area (Å²) in [6, 6.07) is 8.42. The molecule has 0 radical (unpaired) electrons.